The van der Waals surface area contributed by atoms with Gasteiger partial charge >= 0.3 is 0 Å². The van der Waals surface area contributed by atoms with Crippen molar-refractivity contribution < 1.29 is 24.2 Å². The smallest absolute Gasteiger partial charge is 0.227 e. The second kappa shape index (κ2) is 11.6. The molecule has 0 bridgehead atoms. The topological polar surface area (TPSA) is 138 Å². The number of methoxy groups -OCH3 is 1. The largest absolute Gasteiger partial charge is 0.504 e. The van der Waals surface area contributed by atoms with Crippen LogP contribution < -0.4 is 15.5 Å². The Bertz CT molecular complexity index is 1410. The Balaban J connectivity index is 1.36. The van der Waals surface area contributed by atoms with Gasteiger partial charge in [0.25, 0.3) is 0 Å². The predicted molar refractivity (Wildman–Crippen MR) is 139 cm³/mol. The van der Waals surface area contributed by atoms with Crippen LogP contribution in [0.2, 0.25) is 0 Å². The van der Waals surface area contributed by atoms with Crippen LogP contribution in [0, 0.1) is 6.92 Å². The molecule has 0 aliphatic rings. The summed E-state index contributed by atoms with van der Waals surface area (Å²) in [4.78, 5) is 33.0. The number of hydrogen-bond donors (Lipinski definition) is 4. The summed E-state index contributed by atoms with van der Waals surface area (Å²) in [6.07, 6.45) is 3.43. The third-order valence-electron chi connectivity index (χ3n) is 6.24. The molecule has 4 aromatic rings. The number of ether oxygens (including phenoxy) is 1. The van der Waals surface area contributed by atoms with Crippen molar-refractivity contribution in [2.24, 2.45) is 0 Å². The van der Waals surface area contributed by atoms with E-state index in [4.69, 9.17) is 9.15 Å². The van der Waals surface area contributed by atoms with Crippen molar-refractivity contribution >= 4 is 16.9 Å². The minimum atomic E-state index is -0.754. The van der Waals surface area contributed by atoms with Gasteiger partial charge in [-0.3, -0.25) is 9.59 Å². The highest BCUT2D eigenvalue weighted by Gasteiger charge is 2.26. The predicted octanol–water partition coefficient (Wildman–Crippen LogP) is 4.30. The van der Waals surface area contributed by atoms with Crippen LogP contribution in [0.3, 0.4) is 0 Å². The third-order valence-corrected chi connectivity index (χ3v) is 6.24. The third kappa shape index (κ3) is 6.30. The monoisotopic (exact) mass is 505 g/mol. The fourth-order valence-electron chi connectivity index (χ4n) is 4.34. The molecule has 0 aliphatic carbocycles. The van der Waals surface area contributed by atoms with E-state index in [2.05, 4.69) is 15.3 Å². The minimum absolute atomic E-state index is 0.00118. The number of aromatic nitrogens is 2. The number of rotatable bonds is 11. The second-order valence-electron chi connectivity index (χ2n) is 8.98. The molecule has 0 aliphatic heterocycles. The first kappa shape index (κ1) is 25.8. The number of nitrogens with zero attached hydrogens (tertiary/aromatic N) is 1. The lowest BCUT2D eigenvalue weighted by molar-refractivity contribution is -0.121. The summed E-state index contributed by atoms with van der Waals surface area (Å²) in [5.41, 5.74) is 1.96. The number of nitrogens with one attached hydrogen (secondary N) is 2. The minimum Gasteiger partial charge on any atom is -0.504 e. The van der Waals surface area contributed by atoms with Gasteiger partial charge in [0.1, 0.15) is 11.6 Å². The molecule has 0 fully saturated rings. The fourth-order valence-corrected chi connectivity index (χ4v) is 4.34. The summed E-state index contributed by atoms with van der Waals surface area (Å²) >= 11 is 0. The number of unbranched alkanes of at least 4 members (excludes halogenated alkanes) is 2. The van der Waals surface area contributed by atoms with Crippen LogP contribution >= 0.6 is 0 Å². The zero-order valence-electron chi connectivity index (χ0n) is 20.9. The molecule has 37 heavy (non-hydrogen) atoms. The van der Waals surface area contributed by atoms with Crippen LogP contribution in [0.4, 0.5) is 0 Å². The number of imidazole rings is 1. The number of aromatic amines is 1. The lowest BCUT2D eigenvalue weighted by Crippen LogP contribution is -2.26. The zero-order valence-corrected chi connectivity index (χ0v) is 20.9. The summed E-state index contributed by atoms with van der Waals surface area (Å²) in [5, 5.41) is 23.3. The van der Waals surface area contributed by atoms with Crippen LogP contribution in [0.1, 0.15) is 54.5 Å². The van der Waals surface area contributed by atoms with Crippen molar-refractivity contribution in [3.8, 4) is 17.2 Å². The van der Waals surface area contributed by atoms with Gasteiger partial charge in [0.2, 0.25) is 17.1 Å². The molecule has 1 unspecified atom stereocenters. The molecular weight excluding hydrogens is 474 g/mol. The van der Waals surface area contributed by atoms with Gasteiger partial charge < -0.3 is 29.7 Å². The molecule has 0 spiro atoms. The quantitative estimate of drug-likeness (QED) is 0.223. The second-order valence-corrected chi connectivity index (χ2v) is 8.98. The van der Waals surface area contributed by atoms with E-state index >= 15 is 0 Å². The first-order chi connectivity index (χ1) is 17.9. The lowest BCUT2D eigenvalue weighted by Gasteiger charge is -2.19. The molecule has 4 N–H and O–H groups in total. The molecule has 0 saturated carbocycles. The van der Waals surface area contributed by atoms with E-state index in [9.17, 15) is 19.8 Å². The SMILES string of the molecule is COc1cc(C(CC(=O)NCCCCCc2nc3ccccc3[nH]2)c2oc(C)cc(=O)c2O)ccc1O. The van der Waals surface area contributed by atoms with Gasteiger partial charge in [-0.1, -0.05) is 24.6 Å². The van der Waals surface area contributed by atoms with Gasteiger partial charge in [-0.2, -0.15) is 0 Å². The first-order valence-electron chi connectivity index (χ1n) is 12.3. The number of benzene rings is 2. The van der Waals surface area contributed by atoms with Gasteiger partial charge in [0.15, 0.2) is 17.3 Å². The van der Waals surface area contributed by atoms with E-state index in [-0.39, 0.29) is 29.6 Å². The summed E-state index contributed by atoms with van der Waals surface area (Å²) in [5.74, 6) is -0.128. The maximum atomic E-state index is 12.8. The standard InChI is InChI=1S/C28H31N3O6/c1-17-14-23(33)27(35)28(37-17)19(18-11-12-22(32)24(15-18)36-2)16-26(34)29-13-7-3-4-10-25-30-20-8-5-6-9-21(20)31-25/h5-6,8-9,11-12,14-15,19,32,35H,3-4,7,10,13,16H2,1-2H3,(H,29,34)(H,30,31). The number of hydrogen-bond acceptors (Lipinski definition) is 7. The van der Waals surface area contributed by atoms with E-state index < -0.39 is 17.1 Å². The molecular formula is C28H31N3O6. The highest BCUT2D eigenvalue weighted by atomic mass is 16.5. The number of carbonyl (C=O) groups excluding carboxylic acids is 1. The van der Waals surface area contributed by atoms with E-state index in [0.29, 0.717) is 17.9 Å². The maximum absolute atomic E-state index is 12.8. The average molecular weight is 506 g/mol. The van der Waals surface area contributed by atoms with Crippen molar-refractivity contribution in [2.75, 3.05) is 13.7 Å². The number of para-hydroxylation sites is 2. The number of amides is 1. The van der Waals surface area contributed by atoms with Gasteiger partial charge in [-0.15, -0.1) is 0 Å². The van der Waals surface area contributed by atoms with Gasteiger partial charge in [-0.05, 0) is 49.6 Å². The Morgan fingerprint density at radius 2 is 1.95 bits per heavy atom. The molecule has 0 radical (unpaired) electrons. The number of phenolic OH excluding ortho intramolecular Hbond substituents is 1. The Hall–Kier alpha value is -4.27. The maximum Gasteiger partial charge on any atom is 0.227 e. The van der Waals surface area contributed by atoms with E-state index in [1.54, 1.807) is 19.1 Å². The summed E-state index contributed by atoms with van der Waals surface area (Å²) < 4.78 is 10.9. The van der Waals surface area contributed by atoms with Crippen molar-refractivity contribution in [3.63, 3.8) is 0 Å². The first-order valence-corrected chi connectivity index (χ1v) is 12.3. The van der Waals surface area contributed by atoms with Crippen molar-refractivity contribution in [1.29, 1.82) is 0 Å². The summed E-state index contributed by atoms with van der Waals surface area (Å²) in [6, 6.07) is 13.7. The van der Waals surface area contributed by atoms with E-state index in [1.165, 1.54) is 19.2 Å². The van der Waals surface area contributed by atoms with Gasteiger partial charge in [0, 0.05) is 25.5 Å². The number of H-pyrrole nitrogens is 1. The summed E-state index contributed by atoms with van der Waals surface area (Å²) in [7, 11) is 1.42. The van der Waals surface area contributed by atoms with Crippen molar-refractivity contribution in [3.05, 3.63) is 81.7 Å². The van der Waals surface area contributed by atoms with Crippen LogP contribution in [0.25, 0.3) is 11.0 Å². The number of carbonyl (C=O) groups is 1. The molecule has 2 aromatic heterocycles. The number of fused-ring (bicyclic) bond motifs is 1. The Morgan fingerprint density at radius 1 is 1.14 bits per heavy atom. The van der Waals surface area contributed by atoms with Gasteiger partial charge in [0.05, 0.1) is 24.1 Å². The Labute approximate surface area is 214 Å². The normalized spacial score (nSPS) is 11.9. The Morgan fingerprint density at radius 3 is 2.73 bits per heavy atom. The van der Waals surface area contributed by atoms with Crippen LogP contribution in [-0.2, 0) is 11.2 Å². The highest BCUT2D eigenvalue weighted by Crippen LogP contribution is 2.37. The van der Waals surface area contributed by atoms with E-state index in [0.717, 1.165) is 42.5 Å². The van der Waals surface area contributed by atoms with Crippen LogP contribution in [0.5, 0.6) is 17.2 Å². The summed E-state index contributed by atoms with van der Waals surface area (Å²) in [6.45, 7) is 2.10. The molecule has 9 heteroatoms. The molecule has 0 saturated heterocycles. The molecule has 1 atom stereocenters. The molecule has 9 nitrogen and oxygen atoms in total. The van der Waals surface area contributed by atoms with Crippen molar-refractivity contribution in [2.45, 2.75) is 44.9 Å². The number of aromatic hydroxyl groups is 2. The van der Waals surface area contributed by atoms with Gasteiger partial charge in [-0.25, -0.2) is 4.98 Å². The Kier molecular flexibility index (Phi) is 8.12. The molecule has 4 rings (SSSR count). The van der Waals surface area contributed by atoms with Crippen molar-refractivity contribution in [1.82, 2.24) is 15.3 Å². The highest BCUT2D eigenvalue weighted by molar-refractivity contribution is 5.77. The number of aryl methyl sites for hydroxylation is 2. The fraction of sp³-hybridized carbons (Fsp3) is 0.321. The average Bonchev–Trinajstić information content (AvgIpc) is 3.30. The molecule has 1 amide bonds. The zero-order chi connectivity index (χ0) is 26.4. The van der Waals surface area contributed by atoms with E-state index in [1.807, 2.05) is 24.3 Å². The molecule has 194 valence electrons. The lowest BCUT2D eigenvalue weighted by atomic mass is 9.91. The molecule has 2 heterocycles. The molecule has 2 aromatic carbocycles. The van der Waals surface area contributed by atoms with Crippen LogP contribution in [-0.4, -0.2) is 39.7 Å². The van der Waals surface area contributed by atoms with Crippen LogP contribution in [0.15, 0.2) is 57.7 Å². The number of phenols is 1.